The van der Waals surface area contributed by atoms with Crippen molar-refractivity contribution in [2.75, 3.05) is 26.5 Å². The maximum Gasteiger partial charge on any atom is 0.231 e. The van der Waals surface area contributed by atoms with Crippen LogP contribution in [0.5, 0.6) is 17.2 Å². The van der Waals surface area contributed by atoms with Gasteiger partial charge < -0.3 is 14.2 Å². The predicted molar refractivity (Wildman–Crippen MR) is 83.7 cm³/mol. The summed E-state index contributed by atoms with van der Waals surface area (Å²) in [7, 11) is 0. The molecule has 0 atom stereocenters. The van der Waals surface area contributed by atoms with E-state index in [9.17, 15) is 0 Å². The largest absolute Gasteiger partial charge is 0.493 e. The third-order valence-electron chi connectivity index (χ3n) is 4.18. The number of fused-ring (bicyclic) bond motifs is 2. The molecule has 6 nitrogen and oxygen atoms in total. The molecule has 23 heavy (non-hydrogen) atoms. The highest BCUT2D eigenvalue weighted by molar-refractivity contribution is 5.46. The Bertz CT molecular complexity index is 693. The van der Waals surface area contributed by atoms with E-state index in [1.54, 1.807) is 6.33 Å². The highest BCUT2D eigenvalue weighted by Crippen LogP contribution is 2.35. The van der Waals surface area contributed by atoms with Gasteiger partial charge in [0.05, 0.1) is 12.3 Å². The minimum absolute atomic E-state index is 0.290. The van der Waals surface area contributed by atoms with E-state index >= 15 is 0 Å². The van der Waals surface area contributed by atoms with Crippen LogP contribution in [0.3, 0.4) is 0 Å². The van der Waals surface area contributed by atoms with Gasteiger partial charge in [-0.1, -0.05) is 0 Å². The quantitative estimate of drug-likeness (QED) is 0.787. The lowest BCUT2D eigenvalue weighted by Gasteiger charge is -2.27. The number of benzene rings is 1. The van der Waals surface area contributed by atoms with E-state index in [-0.39, 0.29) is 0 Å². The van der Waals surface area contributed by atoms with Crippen molar-refractivity contribution in [2.45, 2.75) is 19.4 Å². The molecule has 0 saturated heterocycles. The zero-order valence-corrected chi connectivity index (χ0v) is 12.9. The minimum Gasteiger partial charge on any atom is -0.493 e. The highest BCUT2D eigenvalue weighted by atomic mass is 16.7. The molecule has 6 heteroatoms. The van der Waals surface area contributed by atoms with Crippen LogP contribution in [-0.2, 0) is 13.0 Å². The topological polar surface area (TPSA) is 56.7 Å². The number of nitrogens with zero attached hydrogens (tertiary/aromatic N) is 3. The third-order valence-corrected chi connectivity index (χ3v) is 4.18. The number of hydrogen-bond donors (Lipinski definition) is 0. The molecule has 0 amide bonds. The summed E-state index contributed by atoms with van der Waals surface area (Å²) in [6.07, 6.45) is 5.57. The van der Waals surface area contributed by atoms with Gasteiger partial charge >= 0.3 is 0 Å². The molecule has 2 aromatic rings. The van der Waals surface area contributed by atoms with Crippen molar-refractivity contribution < 1.29 is 14.2 Å². The number of hydrogen-bond acceptors (Lipinski definition) is 6. The van der Waals surface area contributed by atoms with Gasteiger partial charge in [0.25, 0.3) is 0 Å². The highest BCUT2D eigenvalue weighted by Gasteiger charge is 2.17. The van der Waals surface area contributed by atoms with Gasteiger partial charge in [0, 0.05) is 31.9 Å². The average Bonchev–Trinajstić information content (AvgIpc) is 3.06. The van der Waals surface area contributed by atoms with Crippen LogP contribution in [0.1, 0.15) is 17.7 Å². The average molecular weight is 313 g/mol. The molecule has 1 aromatic heterocycles. The third kappa shape index (κ3) is 3.22. The summed E-state index contributed by atoms with van der Waals surface area (Å²) in [4.78, 5) is 10.9. The Balaban J connectivity index is 1.24. The van der Waals surface area contributed by atoms with Crippen molar-refractivity contribution in [2.24, 2.45) is 0 Å². The summed E-state index contributed by atoms with van der Waals surface area (Å²) in [5, 5.41) is 0. The Hall–Kier alpha value is -2.34. The Morgan fingerprint density at radius 1 is 1.22 bits per heavy atom. The van der Waals surface area contributed by atoms with Gasteiger partial charge in [-0.05, 0) is 30.5 Å². The molecule has 0 unspecified atom stereocenters. The molecule has 2 aliphatic heterocycles. The van der Waals surface area contributed by atoms with E-state index in [4.69, 9.17) is 14.2 Å². The summed E-state index contributed by atoms with van der Waals surface area (Å²) in [6.45, 7) is 3.95. The molecule has 120 valence electrons. The van der Waals surface area contributed by atoms with Crippen LogP contribution >= 0.6 is 0 Å². The Kier molecular flexibility index (Phi) is 3.98. The van der Waals surface area contributed by atoms with Crippen LogP contribution in [0.4, 0.5) is 0 Å². The van der Waals surface area contributed by atoms with E-state index in [0.717, 1.165) is 55.4 Å². The smallest absolute Gasteiger partial charge is 0.231 e. The molecule has 0 radical (unpaired) electrons. The number of aromatic nitrogens is 2. The molecule has 1 aromatic carbocycles. The van der Waals surface area contributed by atoms with Crippen LogP contribution in [0.25, 0.3) is 0 Å². The van der Waals surface area contributed by atoms with Gasteiger partial charge in [0.2, 0.25) is 6.79 Å². The van der Waals surface area contributed by atoms with Crippen molar-refractivity contribution in [1.82, 2.24) is 14.9 Å². The molecular formula is C17H19N3O3. The molecule has 2 aliphatic rings. The molecule has 0 fully saturated rings. The molecule has 0 N–H and O–H groups in total. The zero-order chi connectivity index (χ0) is 15.5. The Morgan fingerprint density at radius 3 is 3.17 bits per heavy atom. The lowest BCUT2D eigenvalue weighted by Crippen LogP contribution is -2.32. The monoisotopic (exact) mass is 313 g/mol. The number of rotatable bonds is 5. The predicted octanol–water partition coefficient (Wildman–Crippen LogP) is 2.03. The summed E-state index contributed by atoms with van der Waals surface area (Å²) in [5.41, 5.74) is 2.43. The lowest BCUT2D eigenvalue weighted by molar-refractivity contribution is 0.173. The van der Waals surface area contributed by atoms with Crippen molar-refractivity contribution >= 4 is 0 Å². The molecule has 4 rings (SSSR count). The van der Waals surface area contributed by atoms with Crippen molar-refractivity contribution in [1.29, 1.82) is 0 Å². The van der Waals surface area contributed by atoms with Crippen LogP contribution in [0.15, 0.2) is 30.7 Å². The van der Waals surface area contributed by atoms with E-state index in [1.807, 2.05) is 24.4 Å². The first-order valence-corrected chi connectivity index (χ1v) is 7.91. The first-order valence-electron chi connectivity index (χ1n) is 7.91. The summed E-state index contributed by atoms with van der Waals surface area (Å²) in [6, 6.07) is 5.69. The molecule has 0 aliphatic carbocycles. The minimum atomic E-state index is 0.290. The number of ether oxygens (including phenoxy) is 3. The van der Waals surface area contributed by atoms with Crippen molar-refractivity contribution in [3.63, 3.8) is 0 Å². The van der Waals surface area contributed by atoms with Crippen LogP contribution in [0.2, 0.25) is 0 Å². The zero-order valence-electron chi connectivity index (χ0n) is 12.9. The first kappa shape index (κ1) is 14.3. The van der Waals surface area contributed by atoms with E-state index in [0.29, 0.717) is 13.4 Å². The summed E-state index contributed by atoms with van der Waals surface area (Å²) < 4.78 is 16.4. The normalized spacial score (nSPS) is 16.2. The van der Waals surface area contributed by atoms with Gasteiger partial charge in [0.1, 0.15) is 12.1 Å². The van der Waals surface area contributed by atoms with Crippen LogP contribution in [-0.4, -0.2) is 41.4 Å². The Labute approximate surface area is 135 Å². The van der Waals surface area contributed by atoms with Crippen molar-refractivity contribution in [3.05, 3.63) is 42.0 Å². The second kappa shape index (κ2) is 6.42. The fraction of sp³-hybridized carbons (Fsp3) is 0.412. The standard InChI is InChI=1S/C17H19N3O3/c1(5-20-6-4-13-9-18-11-19-15(13)10-20)7-21-14-2-3-16-17(8-14)23-12-22-16/h2-3,8-9,11H,1,4-7,10,12H2. The van der Waals surface area contributed by atoms with Gasteiger partial charge in [0.15, 0.2) is 11.5 Å². The maximum atomic E-state index is 5.80. The fourth-order valence-corrected chi connectivity index (χ4v) is 2.94. The summed E-state index contributed by atoms with van der Waals surface area (Å²) >= 11 is 0. The van der Waals surface area contributed by atoms with Gasteiger partial charge in [-0.2, -0.15) is 0 Å². The van der Waals surface area contributed by atoms with E-state index in [1.165, 1.54) is 5.56 Å². The molecule has 0 spiro atoms. The Morgan fingerprint density at radius 2 is 2.17 bits per heavy atom. The van der Waals surface area contributed by atoms with Gasteiger partial charge in [-0.15, -0.1) is 0 Å². The second-order valence-electron chi connectivity index (χ2n) is 5.74. The first-order chi connectivity index (χ1) is 11.4. The molecule has 0 bridgehead atoms. The van der Waals surface area contributed by atoms with Gasteiger partial charge in [-0.3, -0.25) is 4.90 Å². The van der Waals surface area contributed by atoms with Crippen LogP contribution in [0, 0.1) is 0 Å². The van der Waals surface area contributed by atoms with E-state index < -0.39 is 0 Å². The van der Waals surface area contributed by atoms with E-state index in [2.05, 4.69) is 14.9 Å². The molecule has 0 saturated carbocycles. The molecule has 3 heterocycles. The fourth-order valence-electron chi connectivity index (χ4n) is 2.94. The lowest BCUT2D eigenvalue weighted by atomic mass is 10.1. The van der Waals surface area contributed by atoms with Crippen molar-refractivity contribution in [3.8, 4) is 17.2 Å². The summed E-state index contributed by atoms with van der Waals surface area (Å²) in [5.74, 6) is 2.37. The van der Waals surface area contributed by atoms with Crippen LogP contribution < -0.4 is 14.2 Å². The molecular weight excluding hydrogens is 294 g/mol. The second-order valence-corrected chi connectivity index (χ2v) is 5.74. The van der Waals surface area contributed by atoms with Gasteiger partial charge in [-0.25, -0.2) is 9.97 Å². The SMILES string of the molecule is c1ncc2c(n1)CN(CCCOc1ccc3c(c1)OCO3)CC2. The maximum absolute atomic E-state index is 5.80.